The predicted octanol–water partition coefficient (Wildman–Crippen LogP) is 4.67. The van der Waals surface area contributed by atoms with Crippen molar-refractivity contribution in [2.24, 2.45) is 0 Å². The van der Waals surface area contributed by atoms with Crippen molar-refractivity contribution in [3.05, 3.63) is 106 Å². The van der Waals surface area contributed by atoms with Crippen LogP contribution in [-0.4, -0.2) is 31.3 Å². The molecule has 0 saturated carbocycles. The quantitative estimate of drug-likeness (QED) is 0.342. The van der Waals surface area contributed by atoms with E-state index in [0.29, 0.717) is 6.54 Å². The molecule has 158 valence electrons. The lowest BCUT2D eigenvalue weighted by molar-refractivity contribution is -0.384. The maximum absolute atomic E-state index is 11.1. The molecule has 0 bridgehead atoms. The fourth-order valence-electron chi connectivity index (χ4n) is 3.97. The number of nitro groups is 1. The highest BCUT2D eigenvalue weighted by molar-refractivity contribution is 5.62. The third-order valence-corrected chi connectivity index (χ3v) is 5.59. The fraction of sp³-hybridized carbons (Fsp3) is 0.160. The van der Waals surface area contributed by atoms with Crippen LogP contribution in [0.3, 0.4) is 0 Å². The van der Waals surface area contributed by atoms with Gasteiger partial charge in [-0.3, -0.25) is 20.0 Å². The molecule has 0 fully saturated rings. The Morgan fingerprint density at radius 2 is 1.75 bits per heavy atom. The molecule has 0 unspecified atom stereocenters. The molecule has 3 heterocycles. The van der Waals surface area contributed by atoms with E-state index >= 15 is 0 Å². The standard InChI is InChI=1S/C25H21N5O2/c31-30(32)22-10-4-8-19(14-22)23-11-5-9-21(27-23)17-29-13-12-24-20(16-29)15-26-25(28-24)18-6-2-1-3-7-18/h1-11,14-15H,12-13,16-17H2. The molecule has 0 aliphatic carbocycles. The fourth-order valence-corrected chi connectivity index (χ4v) is 3.97. The maximum atomic E-state index is 11.1. The average Bonchev–Trinajstić information content (AvgIpc) is 2.84. The SMILES string of the molecule is O=[N+]([O-])c1cccc(-c2cccc(CN3CCc4nc(-c5ccccc5)ncc4C3)n2)c1. The Balaban J connectivity index is 1.32. The van der Waals surface area contributed by atoms with Gasteiger partial charge in [-0.05, 0) is 12.1 Å². The van der Waals surface area contributed by atoms with Crippen molar-refractivity contribution in [3.63, 3.8) is 0 Å². The van der Waals surface area contributed by atoms with E-state index in [-0.39, 0.29) is 10.6 Å². The van der Waals surface area contributed by atoms with Crippen molar-refractivity contribution >= 4 is 5.69 Å². The summed E-state index contributed by atoms with van der Waals surface area (Å²) in [5, 5.41) is 11.1. The monoisotopic (exact) mass is 423 g/mol. The molecular formula is C25H21N5O2. The first-order valence-corrected chi connectivity index (χ1v) is 10.5. The van der Waals surface area contributed by atoms with Crippen LogP contribution in [0.4, 0.5) is 5.69 Å². The molecule has 5 rings (SSSR count). The predicted molar refractivity (Wildman–Crippen MR) is 122 cm³/mol. The van der Waals surface area contributed by atoms with Gasteiger partial charge >= 0.3 is 0 Å². The summed E-state index contributed by atoms with van der Waals surface area (Å²) in [5.41, 5.74) is 5.75. The van der Waals surface area contributed by atoms with E-state index in [1.54, 1.807) is 12.1 Å². The van der Waals surface area contributed by atoms with E-state index in [4.69, 9.17) is 9.97 Å². The highest BCUT2D eigenvalue weighted by Crippen LogP contribution is 2.24. The number of hydrogen-bond acceptors (Lipinski definition) is 6. The first kappa shape index (κ1) is 20.0. The van der Waals surface area contributed by atoms with Crippen molar-refractivity contribution in [1.82, 2.24) is 19.9 Å². The first-order valence-electron chi connectivity index (χ1n) is 10.5. The number of fused-ring (bicyclic) bond motifs is 1. The highest BCUT2D eigenvalue weighted by atomic mass is 16.6. The third kappa shape index (κ3) is 4.24. The molecule has 0 atom stereocenters. The zero-order chi connectivity index (χ0) is 21.9. The lowest BCUT2D eigenvalue weighted by Crippen LogP contribution is -2.31. The zero-order valence-electron chi connectivity index (χ0n) is 17.4. The summed E-state index contributed by atoms with van der Waals surface area (Å²) in [4.78, 5) is 27.1. The Labute approximate surface area is 185 Å². The number of rotatable bonds is 5. The molecule has 7 nitrogen and oxygen atoms in total. The van der Waals surface area contributed by atoms with Crippen molar-refractivity contribution < 1.29 is 4.92 Å². The van der Waals surface area contributed by atoms with Crippen LogP contribution in [0.1, 0.15) is 17.0 Å². The second-order valence-corrected chi connectivity index (χ2v) is 7.81. The lowest BCUT2D eigenvalue weighted by Gasteiger charge is -2.27. The van der Waals surface area contributed by atoms with Gasteiger partial charge in [0, 0.05) is 61.1 Å². The summed E-state index contributed by atoms with van der Waals surface area (Å²) in [6.07, 6.45) is 2.80. The maximum Gasteiger partial charge on any atom is 0.270 e. The molecule has 0 amide bonds. The smallest absolute Gasteiger partial charge is 0.270 e. The van der Waals surface area contributed by atoms with Crippen LogP contribution in [0.2, 0.25) is 0 Å². The number of hydrogen-bond donors (Lipinski definition) is 0. The highest BCUT2D eigenvalue weighted by Gasteiger charge is 2.19. The Morgan fingerprint density at radius 1 is 0.938 bits per heavy atom. The first-order chi connectivity index (χ1) is 15.7. The number of non-ortho nitro benzene ring substituents is 1. The molecule has 7 heteroatoms. The van der Waals surface area contributed by atoms with E-state index in [0.717, 1.165) is 59.1 Å². The number of nitrogens with zero attached hydrogens (tertiary/aromatic N) is 5. The van der Waals surface area contributed by atoms with Gasteiger partial charge in [-0.2, -0.15) is 0 Å². The van der Waals surface area contributed by atoms with Crippen LogP contribution < -0.4 is 0 Å². The van der Waals surface area contributed by atoms with Gasteiger partial charge < -0.3 is 0 Å². The van der Waals surface area contributed by atoms with Gasteiger partial charge in [-0.15, -0.1) is 0 Å². The van der Waals surface area contributed by atoms with Crippen molar-refractivity contribution in [2.45, 2.75) is 19.5 Å². The summed E-state index contributed by atoms with van der Waals surface area (Å²) < 4.78 is 0. The van der Waals surface area contributed by atoms with E-state index in [9.17, 15) is 10.1 Å². The van der Waals surface area contributed by atoms with Crippen LogP contribution in [0, 0.1) is 10.1 Å². The molecule has 1 aliphatic heterocycles. The Hall–Kier alpha value is -3.97. The van der Waals surface area contributed by atoms with Gasteiger partial charge in [-0.1, -0.05) is 48.5 Å². The number of aromatic nitrogens is 3. The summed E-state index contributed by atoms with van der Waals surface area (Å²) in [6, 6.07) is 22.4. The van der Waals surface area contributed by atoms with Gasteiger partial charge in [0.15, 0.2) is 5.82 Å². The Kier molecular flexibility index (Phi) is 5.39. The second kappa shape index (κ2) is 8.64. The Morgan fingerprint density at radius 3 is 2.59 bits per heavy atom. The molecular weight excluding hydrogens is 402 g/mol. The van der Waals surface area contributed by atoms with E-state index in [1.165, 1.54) is 6.07 Å². The molecule has 1 aliphatic rings. The zero-order valence-corrected chi connectivity index (χ0v) is 17.4. The van der Waals surface area contributed by atoms with Crippen LogP contribution in [-0.2, 0) is 19.5 Å². The minimum atomic E-state index is -0.385. The minimum absolute atomic E-state index is 0.0669. The molecule has 0 saturated heterocycles. The van der Waals surface area contributed by atoms with Crippen LogP contribution in [0.15, 0.2) is 79.0 Å². The largest absolute Gasteiger partial charge is 0.293 e. The molecule has 2 aromatic carbocycles. The van der Waals surface area contributed by atoms with Crippen molar-refractivity contribution in [1.29, 1.82) is 0 Å². The Bertz CT molecular complexity index is 1280. The third-order valence-electron chi connectivity index (χ3n) is 5.59. The van der Waals surface area contributed by atoms with Crippen molar-refractivity contribution in [3.8, 4) is 22.6 Å². The molecule has 0 radical (unpaired) electrons. The second-order valence-electron chi connectivity index (χ2n) is 7.81. The molecule has 32 heavy (non-hydrogen) atoms. The van der Waals surface area contributed by atoms with Crippen LogP contribution >= 0.6 is 0 Å². The van der Waals surface area contributed by atoms with Gasteiger partial charge in [0.1, 0.15) is 0 Å². The van der Waals surface area contributed by atoms with E-state index < -0.39 is 0 Å². The van der Waals surface area contributed by atoms with Crippen LogP contribution in [0.25, 0.3) is 22.6 Å². The normalized spacial score (nSPS) is 13.5. The van der Waals surface area contributed by atoms with Gasteiger partial charge in [0.25, 0.3) is 5.69 Å². The van der Waals surface area contributed by atoms with Gasteiger partial charge in [0.2, 0.25) is 0 Å². The van der Waals surface area contributed by atoms with Crippen LogP contribution in [0.5, 0.6) is 0 Å². The molecule has 2 aromatic heterocycles. The molecule has 0 N–H and O–H groups in total. The number of pyridine rings is 1. The average molecular weight is 423 g/mol. The molecule has 0 spiro atoms. The summed E-state index contributed by atoms with van der Waals surface area (Å²) >= 11 is 0. The summed E-state index contributed by atoms with van der Waals surface area (Å²) in [7, 11) is 0. The minimum Gasteiger partial charge on any atom is -0.293 e. The van der Waals surface area contributed by atoms with Gasteiger partial charge in [0.05, 0.1) is 22.0 Å². The van der Waals surface area contributed by atoms with E-state index in [2.05, 4.69) is 9.88 Å². The summed E-state index contributed by atoms with van der Waals surface area (Å²) in [6.45, 7) is 2.36. The van der Waals surface area contributed by atoms with E-state index in [1.807, 2.05) is 60.8 Å². The summed E-state index contributed by atoms with van der Waals surface area (Å²) in [5.74, 6) is 0.768. The topological polar surface area (TPSA) is 85.0 Å². The molecule has 4 aromatic rings. The van der Waals surface area contributed by atoms with Crippen molar-refractivity contribution in [2.75, 3.05) is 6.54 Å². The number of nitro benzene ring substituents is 1. The number of benzene rings is 2. The van der Waals surface area contributed by atoms with Gasteiger partial charge in [-0.25, -0.2) is 9.97 Å². The lowest BCUT2D eigenvalue weighted by atomic mass is 10.1.